The van der Waals surface area contributed by atoms with Crippen LogP contribution in [-0.2, 0) is 21.8 Å². The zero-order valence-corrected chi connectivity index (χ0v) is 15.5. The van der Waals surface area contributed by atoms with E-state index in [0.717, 1.165) is 5.56 Å². The van der Waals surface area contributed by atoms with Crippen LogP contribution >= 0.6 is 11.8 Å². The summed E-state index contributed by atoms with van der Waals surface area (Å²) in [7, 11) is 0. The third-order valence-electron chi connectivity index (χ3n) is 3.61. The SMILES string of the molecule is N#Cc1ccc(CSCC(=O)NCCNC(=O)Cc2cccc(F)c2)cc1. The van der Waals surface area contributed by atoms with Crippen LogP contribution in [0, 0.1) is 17.1 Å². The van der Waals surface area contributed by atoms with Crippen LogP contribution in [0.25, 0.3) is 0 Å². The van der Waals surface area contributed by atoms with Gasteiger partial charge in [0, 0.05) is 18.8 Å². The van der Waals surface area contributed by atoms with Crippen molar-refractivity contribution in [3.63, 3.8) is 0 Å². The van der Waals surface area contributed by atoms with Gasteiger partial charge in [0.2, 0.25) is 11.8 Å². The molecule has 7 heteroatoms. The molecule has 0 saturated carbocycles. The molecule has 0 radical (unpaired) electrons. The monoisotopic (exact) mass is 385 g/mol. The molecule has 0 aromatic heterocycles. The number of rotatable bonds is 9. The van der Waals surface area contributed by atoms with E-state index in [9.17, 15) is 14.0 Å². The van der Waals surface area contributed by atoms with Gasteiger partial charge in [-0.2, -0.15) is 5.26 Å². The first kappa shape index (κ1) is 20.5. The van der Waals surface area contributed by atoms with Crippen molar-refractivity contribution in [1.82, 2.24) is 10.6 Å². The van der Waals surface area contributed by atoms with E-state index in [-0.39, 0.29) is 24.1 Å². The topological polar surface area (TPSA) is 82.0 Å². The average Bonchev–Trinajstić information content (AvgIpc) is 2.66. The van der Waals surface area contributed by atoms with Gasteiger partial charge in [-0.1, -0.05) is 24.3 Å². The molecular formula is C20H20FN3O2S. The molecule has 0 bridgehead atoms. The van der Waals surface area contributed by atoms with Gasteiger partial charge in [-0.25, -0.2) is 4.39 Å². The maximum absolute atomic E-state index is 13.1. The molecule has 2 rings (SSSR count). The van der Waals surface area contributed by atoms with Crippen LogP contribution in [0.3, 0.4) is 0 Å². The summed E-state index contributed by atoms with van der Waals surface area (Å²) in [6.45, 7) is 0.658. The largest absolute Gasteiger partial charge is 0.354 e. The molecule has 0 unspecified atom stereocenters. The summed E-state index contributed by atoms with van der Waals surface area (Å²) in [5.74, 6) is 0.310. The highest BCUT2D eigenvalue weighted by atomic mass is 32.2. The van der Waals surface area contributed by atoms with Gasteiger partial charge >= 0.3 is 0 Å². The van der Waals surface area contributed by atoms with Crippen molar-refractivity contribution in [2.24, 2.45) is 0 Å². The van der Waals surface area contributed by atoms with Crippen LogP contribution in [0.15, 0.2) is 48.5 Å². The van der Waals surface area contributed by atoms with Gasteiger partial charge in [0.05, 0.1) is 23.8 Å². The van der Waals surface area contributed by atoms with Crippen LogP contribution in [-0.4, -0.2) is 30.7 Å². The molecule has 0 aliphatic rings. The summed E-state index contributed by atoms with van der Waals surface area (Å²) in [6.07, 6.45) is 0.103. The number of nitrogens with one attached hydrogen (secondary N) is 2. The van der Waals surface area contributed by atoms with Gasteiger partial charge < -0.3 is 10.6 Å². The lowest BCUT2D eigenvalue weighted by atomic mass is 10.1. The molecule has 27 heavy (non-hydrogen) atoms. The number of amides is 2. The summed E-state index contributed by atoms with van der Waals surface area (Å²) in [5, 5.41) is 14.2. The Morgan fingerprint density at radius 3 is 2.37 bits per heavy atom. The van der Waals surface area contributed by atoms with E-state index >= 15 is 0 Å². The van der Waals surface area contributed by atoms with Crippen molar-refractivity contribution >= 4 is 23.6 Å². The Morgan fingerprint density at radius 2 is 1.70 bits per heavy atom. The summed E-state index contributed by atoms with van der Waals surface area (Å²) in [4.78, 5) is 23.6. The molecule has 2 amide bonds. The Labute approximate surface area is 162 Å². The van der Waals surface area contributed by atoms with Gasteiger partial charge in [0.1, 0.15) is 5.82 Å². The molecule has 0 heterocycles. The van der Waals surface area contributed by atoms with Crippen molar-refractivity contribution in [3.8, 4) is 6.07 Å². The Morgan fingerprint density at radius 1 is 1.00 bits per heavy atom. The quantitative estimate of drug-likeness (QED) is 0.650. The normalized spacial score (nSPS) is 10.1. The average molecular weight is 385 g/mol. The third-order valence-corrected chi connectivity index (χ3v) is 4.61. The molecule has 0 atom stereocenters. The lowest BCUT2D eigenvalue weighted by Crippen LogP contribution is -2.36. The molecule has 5 nitrogen and oxygen atoms in total. The lowest BCUT2D eigenvalue weighted by molar-refractivity contribution is -0.121. The van der Waals surface area contributed by atoms with Crippen molar-refractivity contribution < 1.29 is 14.0 Å². The first-order chi connectivity index (χ1) is 13.1. The third kappa shape index (κ3) is 7.92. The van der Waals surface area contributed by atoms with E-state index in [1.807, 2.05) is 12.1 Å². The van der Waals surface area contributed by atoms with E-state index in [2.05, 4.69) is 16.7 Å². The minimum absolute atomic E-state index is 0.103. The first-order valence-electron chi connectivity index (χ1n) is 8.41. The summed E-state index contributed by atoms with van der Waals surface area (Å²) >= 11 is 1.48. The standard InChI is InChI=1S/C20H20FN3O2S/c21-18-3-1-2-17(10-18)11-19(25)23-8-9-24-20(26)14-27-13-16-6-4-15(12-22)5-7-16/h1-7,10H,8-9,11,13-14H2,(H,23,25)(H,24,26). The Kier molecular flexibility index (Phi) is 8.33. The number of thioether (sulfide) groups is 1. The predicted molar refractivity (Wildman–Crippen MR) is 103 cm³/mol. The van der Waals surface area contributed by atoms with Gasteiger partial charge in [0.25, 0.3) is 0 Å². The van der Waals surface area contributed by atoms with E-state index in [0.29, 0.717) is 35.7 Å². The van der Waals surface area contributed by atoms with Crippen molar-refractivity contribution in [1.29, 1.82) is 5.26 Å². The minimum atomic E-state index is -0.369. The summed E-state index contributed by atoms with van der Waals surface area (Å²) < 4.78 is 13.1. The van der Waals surface area contributed by atoms with Crippen molar-refractivity contribution in [2.75, 3.05) is 18.8 Å². The number of halogens is 1. The fraction of sp³-hybridized carbons (Fsp3) is 0.250. The minimum Gasteiger partial charge on any atom is -0.354 e. The van der Waals surface area contributed by atoms with E-state index in [4.69, 9.17) is 5.26 Å². The number of nitrogens with zero attached hydrogens (tertiary/aromatic N) is 1. The molecule has 0 aliphatic carbocycles. The van der Waals surface area contributed by atoms with E-state index in [1.54, 1.807) is 24.3 Å². The maximum Gasteiger partial charge on any atom is 0.230 e. The molecule has 2 N–H and O–H groups in total. The molecule has 2 aromatic carbocycles. The highest BCUT2D eigenvalue weighted by Gasteiger charge is 2.05. The van der Waals surface area contributed by atoms with Crippen molar-refractivity contribution in [3.05, 3.63) is 71.0 Å². The van der Waals surface area contributed by atoms with Gasteiger partial charge in [-0.15, -0.1) is 11.8 Å². The van der Waals surface area contributed by atoms with E-state index < -0.39 is 0 Å². The summed E-state index contributed by atoms with van der Waals surface area (Å²) in [5.41, 5.74) is 2.27. The molecule has 140 valence electrons. The lowest BCUT2D eigenvalue weighted by Gasteiger charge is -2.07. The first-order valence-corrected chi connectivity index (χ1v) is 9.57. The number of hydrogen-bond acceptors (Lipinski definition) is 4. The fourth-order valence-electron chi connectivity index (χ4n) is 2.29. The molecule has 0 spiro atoms. The Balaban J connectivity index is 1.56. The maximum atomic E-state index is 13.1. The van der Waals surface area contributed by atoms with Crippen LogP contribution in [0.4, 0.5) is 4.39 Å². The van der Waals surface area contributed by atoms with Gasteiger partial charge in [-0.3, -0.25) is 9.59 Å². The smallest absolute Gasteiger partial charge is 0.230 e. The van der Waals surface area contributed by atoms with Crippen LogP contribution in [0.5, 0.6) is 0 Å². The second kappa shape index (κ2) is 11.0. The number of carbonyl (C=O) groups excluding carboxylic acids is 2. The fourth-order valence-corrected chi connectivity index (χ4v) is 3.10. The van der Waals surface area contributed by atoms with Gasteiger partial charge in [0.15, 0.2) is 0 Å². The molecule has 0 fully saturated rings. The van der Waals surface area contributed by atoms with Crippen LogP contribution < -0.4 is 10.6 Å². The molecule has 2 aromatic rings. The van der Waals surface area contributed by atoms with Crippen LogP contribution in [0.1, 0.15) is 16.7 Å². The predicted octanol–water partition coefficient (Wildman–Crippen LogP) is 2.41. The van der Waals surface area contributed by atoms with Crippen LogP contribution in [0.2, 0.25) is 0 Å². The number of hydrogen-bond donors (Lipinski definition) is 2. The number of nitriles is 1. The molecular weight excluding hydrogens is 365 g/mol. The number of carbonyl (C=O) groups is 2. The molecule has 0 saturated heterocycles. The highest BCUT2D eigenvalue weighted by molar-refractivity contribution is 7.99. The van der Waals surface area contributed by atoms with E-state index in [1.165, 1.54) is 23.9 Å². The second-order valence-electron chi connectivity index (χ2n) is 5.81. The summed E-state index contributed by atoms with van der Waals surface area (Å²) in [6, 6.07) is 15.2. The Hall–Kier alpha value is -2.85. The zero-order valence-electron chi connectivity index (χ0n) is 14.7. The van der Waals surface area contributed by atoms with Gasteiger partial charge in [-0.05, 0) is 35.4 Å². The number of benzene rings is 2. The Bertz CT molecular complexity index is 819. The van der Waals surface area contributed by atoms with Crippen molar-refractivity contribution in [2.45, 2.75) is 12.2 Å². The highest BCUT2D eigenvalue weighted by Crippen LogP contribution is 2.12. The molecule has 0 aliphatic heterocycles. The second-order valence-corrected chi connectivity index (χ2v) is 6.79. The zero-order chi connectivity index (χ0) is 19.5.